The molecule has 0 amide bonds. The van der Waals surface area contributed by atoms with Gasteiger partial charge in [-0.15, -0.1) is 0 Å². The number of nitrogens with zero attached hydrogens (tertiary/aromatic N) is 1. The Bertz CT molecular complexity index is 194. The molecule has 0 spiro atoms. The van der Waals surface area contributed by atoms with Crippen molar-refractivity contribution in [2.45, 2.75) is 32.1 Å². The Kier molecular flexibility index (Phi) is 4.35. The van der Waals surface area contributed by atoms with E-state index in [1.807, 2.05) is 6.21 Å². The van der Waals surface area contributed by atoms with Crippen molar-refractivity contribution >= 4 is 12.5 Å². The molecule has 0 N–H and O–H groups in total. The summed E-state index contributed by atoms with van der Waals surface area (Å²) in [6.45, 7) is 0.978. The lowest BCUT2D eigenvalue weighted by Crippen LogP contribution is -1.96. The van der Waals surface area contributed by atoms with E-state index >= 15 is 0 Å². The maximum atomic E-state index is 10.0. The topological polar surface area (TPSA) is 29.4 Å². The third-order valence-corrected chi connectivity index (χ3v) is 1.94. The number of hydrogen-bond donors (Lipinski definition) is 0. The summed E-state index contributed by atoms with van der Waals surface area (Å²) in [5.41, 5.74) is 1.34. The number of aldehydes is 1. The maximum Gasteiger partial charge on any atom is 0.120 e. The molecule has 0 unspecified atom stereocenters. The predicted molar refractivity (Wildman–Crippen MR) is 50.6 cm³/mol. The maximum absolute atomic E-state index is 10.0. The molecule has 12 heavy (non-hydrogen) atoms. The van der Waals surface area contributed by atoms with Crippen LogP contribution in [0, 0.1) is 0 Å². The zero-order valence-electron chi connectivity index (χ0n) is 7.33. The minimum absolute atomic E-state index is 0.681. The van der Waals surface area contributed by atoms with Crippen LogP contribution in [0.1, 0.15) is 32.1 Å². The van der Waals surface area contributed by atoms with Gasteiger partial charge in [-0.25, -0.2) is 0 Å². The summed E-state index contributed by atoms with van der Waals surface area (Å²) in [5, 5.41) is 0. The summed E-state index contributed by atoms with van der Waals surface area (Å²) < 4.78 is 0. The minimum Gasteiger partial charge on any atom is -0.303 e. The zero-order chi connectivity index (χ0) is 8.65. The van der Waals surface area contributed by atoms with Crippen molar-refractivity contribution in [1.29, 1.82) is 0 Å². The Labute approximate surface area is 73.4 Å². The van der Waals surface area contributed by atoms with E-state index < -0.39 is 0 Å². The number of unbranched alkanes of at least 4 members (excludes halogenated alkanes) is 2. The van der Waals surface area contributed by atoms with Gasteiger partial charge in [-0.05, 0) is 31.3 Å². The molecule has 0 fully saturated rings. The molecule has 0 aromatic rings. The molecule has 1 aliphatic rings. The lowest BCUT2D eigenvalue weighted by molar-refractivity contribution is -0.107. The molecule has 0 aliphatic carbocycles. The van der Waals surface area contributed by atoms with E-state index in [4.69, 9.17) is 0 Å². The fourth-order valence-corrected chi connectivity index (χ4v) is 1.26. The van der Waals surface area contributed by atoms with Crippen LogP contribution in [0.3, 0.4) is 0 Å². The summed E-state index contributed by atoms with van der Waals surface area (Å²) in [6, 6.07) is 0. The van der Waals surface area contributed by atoms with Gasteiger partial charge in [-0.1, -0.05) is 6.08 Å². The molecule has 0 bridgehead atoms. The smallest absolute Gasteiger partial charge is 0.120 e. The second-order valence-corrected chi connectivity index (χ2v) is 3.02. The van der Waals surface area contributed by atoms with Crippen molar-refractivity contribution in [3.05, 3.63) is 11.6 Å². The molecule has 0 saturated heterocycles. The van der Waals surface area contributed by atoms with E-state index in [0.717, 1.165) is 32.1 Å². The largest absolute Gasteiger partial charge is 0.303 e. The van der Waals surface area contributed by atoms with Crippen molar-refractivity contribution in [3.8, 4) is 0 Å². The zero-order valence-corrected chi connectivity index (χ0v) is 7.33. The molecule has 1 aliphatic heterocycles. The molecule has 1 heterocycles. The van der Waals surface area contributed by atoms with Crippen molar-refractivity contribution in [3.63, 3.8) is 0 Å². The molecular weight excluding hydrogens is 150 g/mol. The third-order valence-electron chi connectivity index (χ3n) is 1.94. The monoisotopic (exact) mass is 165 g/mol. The first-order valence-electron chi connectivity index (χ1n) is 4.56. The van der Waals surface area contributed by atoms with Crippen molar-refractivity contribution in [2.75, 3.05) is 6.54 Å². The summed E-state index contributed by atoms with van der Waals surface area (Å²) in [6.07, 6.45) is 10.1. The van der Waals surface area contributed by atoms with Gasteiger partial charge in [0.2, 0.25) is 0 Å². The Morgan fingerprint density at radius 2 is 2.42 bits per heavy atom. The standard InChI is InChI=1S/C10H15NO/c12-8-3-1-2-5-10-6-4-7-11-9-10/h5,8-9H,1-4,6-7H2/b10-5-. The predicted octanol–water partition coefficient (Wildman–Crippen LogP) is 2.15. The van der Waals surface area contributed by atoms with Gasteiger partial charge in [-0.3, -0.25) is 4.99 Å². The fraction of sp³-hybridized carbons (Fsp3) is 0.600. The summed E-state index contributed by atoms with van der Waals surface area (Å²) in [5.74, 6) is 0. The van der Waals surface area contributed by atoms with E-state index in [-0.39, 0.29) is 0 Å². The number of aliphatic imine (C=N–C) groups is 1. The average Bonchev–Trinajstić information content (AvgIpc) is 2.14. The number of rotatable bonds is 4. The Balaban J connectivity index is 2.21. The van der Waals surface area contributed by atoms with Gasteiger partial charge in [0.15, 0.2) is 0 Å². The van der Waals surface area contributed by atoms with Gasteiger partial charge in [0.05, 0.1) is 0 Å². The highest BCUT2D eigenvalue weighted by atomic mass is 16.1. The summed E-state index contributed by atoms with van der Waals surface area (Å²) in [7, 11) is 0. The molecule has 0 aromatic carbocycles. The molecule has 1 rings (SSSR count). The molecule has 0 saturated carbocycles. The van der Waals surface area contributed by atoms with E-state index in [0.29, 0.717) is 6.42 Å². The minimum atomic E-state index is 0.681. The Morgan fingerprint density at radius 1 is 1.50 bits per heavy atom. The highest BCUT2D eigenvalue weighted by Gasteiger charge is 1.98. The molecule has 0 atom stereocenters. The first-order chi connectivity index (χ1) is 5.93. The summed E-state index contributed by atoms with van der Waals surface area (Å²) in [4.78, 5) is 14.2. The average molecular weight is 165 g/mol. The van der Waals surface area contributed by atoms with E-state index in [1.165, 1.54) is 12.0 Å². The highest BCUT2D eigenvalue weighted by molar-refractivity contribution is 5.79. The van der Waals surface area contributed by atoms with Crippen LogP contribution in [0.15, 0.2) is 16.6 Å². The van der Waals surface area contributed by atoms with Crippen molar-refractivity contribution < 1.29 is 4.79 Å². The molecule has 66 valence electrons. The van der Waals surface area contributed by atoms with Crippen LogP contribution in [-0.4, -0.2) is 19.0 Å². The van der Waals surface area contributed by atoms with Gasteiger partial charge >= 0.3 is 0 Å². The van der Waals surface area contributed by atoms with Crippen molar-refractivity contribution in [2.24, 2.45) is 4.99 Å². The van der Waals surface area contributed by atoms with E-state index in [2.05, 4.69) is 11.1 Å². The molecule has 2 nitrogen and oxygen atoms in total. The number of allylic oxidation sites excluding steroid dienone is 2. The first kappa shape index (κ1) is 9.17. The van der Waals surface area contributed by atoms with Crippen LogP contribution in [-0.2, 0) is 4.79 Å². The second-order valence-electron chi connectivity index (χ2n) is 3.02. The summed E-state index contributed by atoms with van der Waals surface area (Å²) >= 11 is 0. The third kappa shape index (κ3) is 3.46. The van der Waals surface area contributed by atoms with Gasteiger partial charge in [0.1, 0.15) is 6.29 Å². The van der Waals surface area contributed by atoms with Crippen LogP contribution in [0.5, 0.6) is 0 Å². The fourth-order valence-electron chi connectivity index (χ4n) is 1.26. The van der Waals surface area contributed by atoms with Crippen LogP contribution in [0.2, 0.25) is 0 Å². The number of carbonyl (C=O) groups excluding carboxylic acids is 1. The quantitative estimate of drug-likeness (QED) is 0.463. The van der Waals surface area contributed by atoms with Gasteiger partial charge in [0, 0.05) is 19.2 Å². The highest BCUT2D eigenvalue weighted by Crippen LogP contribution is 2.09. The normalized spacial score (nSPS) is 19.8. The van der Waals surface area contributed by atoms with Crippen LogP contribution in [0.4, 0.5) is 0 Å². The van der Waals surface area contributed by atoms with Gasteiger partial charge < -0.3 is 4.79 Å². The second kappa shape index (κ2) is 5.70. The van der Waals surface area contributed by atoms with E-state index in [1.54, 1.807) is 0 Å². The van der Waals surface area contributed by atoms with Gasteiger partial charge in [0.25, 0.3) is 0 Å². The lowest BCUT2D eigenvalue weighted by Gasteiger charge is -2.05. The van der Waals surface area contributed by atoms with Crippen molar-refractivity contribution in [1.82, 2.24) is 0 Å². The SMILES string of the molecule is O=CCCC/C=C1\C=NCCC1. The molecule has 2 heteroatoms. The molecular formula is C10H15NO. The Hall–Kier alpha value is -0.920. The Morgan fingerprint density at radius 3 is 3.08 bits per heavy atom. The van der Waals surface area contributed by atoms with Crippen LogP contribution in [0.25, 0.3) is 0 Å². The number of hydrogen-bond acceptors (Lipinski definition) is 2. The first-order valence-corrected chi connectivity index (χ1v) is 4.56. The van der Waals surface area contributed by atoms with E-state index in [9.17, 15) is 4.79 Å². The lowest BCUT2D eigenvalue weighted by atomic mass is 10.1. The van der Waals surface area contributed by atoms with Crippen LogP contribution >= 0.6 is 0 Å². The number of carbonyl (C=O) groups is 1. The molecule has 0 radical (unpaired) electrons. The molecule has 0 aromatic heterocycles. The van der Waals surface area contributed by atoms with Crippen LogP contribution < -0.4 is 0 Å². The van der Waals surface area contributed by atoms with Gasteiger partial charge in [-0.2, -0.15) is 0 Å².